The number of para-hydroxylation sites is 2. The molecule has 0 aromatic heterocycles. The number of benzene rings is 1. The highest BCUT2D eigenvalue weighted by Crippen LogP contribution is 2.18. The van der Waals surface area contributed by atoms with Gasteiger partial charge >= 0.3 is 0 Å². The molecule has 0 saturated carbocycles. The third-order valence-corrected chi connectivity index (χ3v) is 1.39. The van der Waals surface area contributed by atoms with E-state index in [1.807, 2.05) is 12.1 Å². The lowest BCUT2D eigenvalue weighted by molar-refractivity contribution is -0.114. The van der Waals surface area contributed by atoms with Gasteiger partial charge in [0.25, 0.3) is 0 Å². The lowest BCUT2D eigenvalue weighted by Gasteiger charge is -2.07. The summed E-state index contributed by atoms with van der Waals surface area (Å²) in [7, 11) is 0. The second-order valence-electron chi connectivity index (χ2n) is 2.37. The van der Waals surface area contributed by atoms with Crippen LogP contribution in [0.2, 0.25) is 0 Å². The lowest BCUT2D eigenvalue weighted by atomic mass is 10.2. The number of nitrogens with two attached hydrogens (primary N) is 1. The van der Waals surface area contributed by atoms with Crippen LogP contribution in [0.1, 0.15) is 6.92 Å². The van der Waals surface area contributed by atoms with E-state index in [0.29, 0.717) is 11.4 Å². The summed E-state index contributed by atoms with van der Waals surface area (Å²) in [4.78, 5) is 10.7. The van der Waals surface area contributed by atoms with E-state index in [-0.39, 0.29) is 5.91 Å². The molecule has 0 aliphatic heterocycles. The molecule has 0 aliphatic carbocycles. The van der Waals surface area contributed by atoms with Crippen molar-refractivity contribution in [2.24, 2.45) is 5.84 Å². The van der Waals surface area contributed by atoms with Crippen LogP contribution in [0.3, 0.4) is 0 Å². The summed E-state index contributed by atoms with van der Waals surface area (Å²) >= 11 is 0. The van der Waals surface area contributed by atoms with Gasteiger partial charge in [-0.1, -0.05) is 12.1 Å². The zero-order valence-corrected chi connectivity index (χ0v) is 6.79. The zero-order valence-electron chi connectivity index (χ0n) is 6.79. The van der Waals surface area contributed by atoms with Crippen LogP contribution in [0.5, 0.6) is 0 Å². The van der Waals surface area contributed by atoms with Crippen LogP contribution in [0.4, 0.5) is 11.4 Å². The number of hydrogen-bond acceptors (Lipinski definition) is 3. The Morgan fingerprint density at radius 3 is 2.42 bits per heavy atom. The SMILES string of the molecule is CC(=O)Nc1ccccc1NN. The van der Waals surface area contributed by atoms with Gasteiger partial charge in [0.05, 0.1) is 11.4 Å². The Labute approximate surface area is 70.7 Å². The molecule has 1 aromatic carbocycles. The van der Waals surface area contributed by atoms with Crippen LogP contribution in [0.15, 0.2) is 24.3 Å². The van der Waals surface area contributed by atoms with Gasteiger partial charge in [0, 0.05) is 6.92 Å². The maximum Gasteiger partial charge on any atom is 0.221 e. The minimum Gasteiger partial charge on any atom is -0.325 e. The van der Waals surface area contributed by atoms with Gasteiger partial charge < -0.3 is 10.7 Å². The predicted octanol–water partition coefficient (Wildman–Crippen LogP) is 0.931. The Morgan fingerprint density at radius 2 is 1.92 bits per heavy atom. The molecule has 0 heterocycles. The fourth-order valence-electron chi connectivity index (χ4n) is 0.908. The first-order chi connectivity index (χ1) is 5.74. The van der Waals surface area contributed by atoms with E-state index in [4.69, 9.17) is 5.84 Å². The van der Waals surface area contributed by atoms with E-state index in [1.54, 1.807) is 12.1 Å². The molecule has 0 fully saturated rings. The molecule has 0 saturated heterocycles. The molecule has 1 amide bonds. The standard InChI is InChI=1S/C8H11N3O/c1-6(12)10-7-4-2-3-5-8(7)11-9/h2-5,11H,9H2,1H3,(H,10,12). The van der Waals surface area contributed by atoms with Crippen LogP contribution >= 0.6 is 0 Å². The molecular formula is C8H11N3O. The number of amides is 1. The van der Waals surface area contributed by atoms with E-state index in [0.717, 1.165) is 0 Å². The van der Waals surface area contributed by atoms with Crippen LogP contribution in [-0.2, 0) is 4.79 Å². The smallest absolute Gasteiger partial charge is 0.221 e. The molecule has 0 radical (unpaired) electrons. The number of anilines is 2. The van der Waals surface area contributed by atoms with Crippen LogP contribution in [0, 0.1) is 0 Å². The molecule has 4 N–H and O–H groups in total. The summed E-state index contributed by atoms with van der Waals surface area (Å²) in [6.45, 7) is 1.45. The number of nitrogen functional groups attached to an aromatic ring is 1. The second-order valence-corrected chi connectivity index (χ2v) is 2.37. The Balaban J connectivity index is 2.89. The van der Waals surface area contributed by atoms with Crippen molar-refractivity contribution >= 4 is 17.3 Å². The molecule has 12 heavy (non-hydrogen) atoms. The van der Waals surface area contributed by atoms with E-state index in [2.05, 4.69) is 10.7 Å². The Kier molecular flexibility index (Phi) is 2.66. The van der Waals surface area contributed by atoms with Crippen molar-refractivity contribution in [3.05, 3.63) is 24.3 Å². The molecule has 64 valence electrons. The van der Waals surface area contributed by atoms with Gasteiger partial charge in [-0.05, 0) is 12.1 Å². The van der Waals surface area contributed by atoms with Gasteiger partial charge in [-0.2, -0.15) is 0 Å². The Morgan fingerprint density at radius 1 is 1.33 bits per heavy atom. The minimum absolute atomic E-state index is 0.113. The van der Waals surface area contributed by atoms with Gasteiger partial charge in [-0.3, -0.25) is 10.6 Å². The summed E-state index contributed by atoms with van der Waals surface area (Å²) < 4.78 is 0. The zero-order chi connectivity index (χ0) is 8.97. The summed E-state index contributed by atoms with van der Waals surface area (Å²) in [5, 5.41) is 2.64. The Hall–Kier alpha value is -1.55. The third-order valence-electron chi connectivity index (χ3n) is 1.39. The normalized spacial score (nSPS) is 9.17. The molecule has 0 atom stereocenters. The quantitative estimate of drug-likeness (QED) is 0.451. The van der Waals surface area contributed by atoms with E-state index in [1.165, 1.54) is 6.92 Å². The largest absolute Gasteiger partial charge is 0.325 e. The maximum atomic E-state index is 10.7. The molecule has 4 nitrogen and oxygen atoms in total. The minimum atomic E-state index is -0.113. The van der Waals surface area contributed by atoms with Crippen molar-refractivity contribution in [3.63, 3.8) is 0 Å². The van der Waals surface area contributed by atoms with Gasteiger partial charge in [0.1, 0.15) is 0 Å². The molecular weight excluding hydrogens is 154 g/mol. The molecule has 0 aliphatic rings. The molecule has 1 rings (SSSR count). The van der Waals surface area contributed by atoms with Crippen molar-refractivity contribution in [3.8, 4) is 0 Å². The predicted molar refractivity (Wildman–Crippen MR) is 48.6 cm³/mol. The lowest BCUT2D eigenvalue weighted by Crippen LogP contribution is -2.12. The van der Waals surface area contributed by atoms with Crippen LogP contribution in [0.25, 0.3) is 0 Å². The van der Waals surface area contributed by atoms with E-state index >= 15 is 0 Å². The average molecular weight is 165 g/mol. The molecule has 0 spiro atoms. The van der Waals surface area contributed by atoms with Gasteiger partial charge in [0.2, 0.25) is 5.91 Å². The van der Waals surface area contributed by atoms with Crippen molar-refractivity contribution < 1.29 is 4.79 Å². The first-order valence-electron chi connectivity index (χ1n) is 3.57. The highest BCUT2D eigenvalue weighted by Gasteiger charge is 1.99. The Bertz CT molecular complexity index is 285. The number of carbonyl (C=O) groups excluding carboxylic acids is 1. The number of hydrogen-bond donors (Lipinski definition) is 3. The van der Waals surface area contributed by atoms with Crippen molar-refractivity contribution in [2.45, 2.75) is 6.92 Å². The van der Waals surface area contributed by atoms with Crippen molar-refractivity contribution in [1.82, 2.24) is 0 Å². The second kappa shape index (κ2) is 3.73. The fraction of sp³-hybridized carbons (Fsp3) is 0.125. The number of carbonyl (C=O) groups is 1. The van der Waals surface area contributed by atoms with Crippen LogP contribution in [-0.4, -0.2) is 5.91 Å². The van der Waals surface area contributed by atoms with Crippen LogP contribution < -0.4 is 16.6 Å². The van der Waals surface area contributed by atoms with Crippen molar-refractivity contribution in [1.29, 1.82) is 0 Å². The molecule has 0 unspecified atom stereocenters. The van der Waals surface area contributed by atoms with Gasteiger partial charge in [-0.15, -0.1) is 0 Å². The van der Waals surface area contributed by atoms with E-state index in [9.17, 15) is 4.79 Å². The van der Waals surface area contributed by atoms with Gasteiger partial charge in [0.15, 0.2) is 0 Å². The van der Waals surface area contributed by atoms with Gasteiger partial charge in [-0.25, -0.2) is 0 Å². The monoisotopic (exact) mass is 165 g/mol. The molecule has 1 aromatic rings. The highest BCUT2D eigenvalue weighted by molar-refractivity contribution is 5.92. The summed E-state index contributed by atoms with van der Waals surface area (Å²) in [5.41, 5.74) is 3.88. The number of hydrazine groups is 1. The summed E-state index contributed by atoms with van der Waals surface area (Å²) in [6.07, 6.45) is 0. The topological polar surface area (TPSA) is 67.2 Å². The fourth-order valence-corrected chi connectivity index (χ4v) is 0.908. The van der Waals surface area contributed by atoms with E-state index < -0.39 is 0 Å². The van der Waals surface area contributed by atoms with Crippen molar-refractivity contribution in [2.75, 3.05) is 10.7 Å². The number of rotatable bonds is 2. The number of nitrogens with one attached hydrogen (secondary N) is 2. The first-order valence-corrected chi connectivity index (χ1v) is 3.57. The average Bonchev–Trinajstić information content (AvgIpc) is 2.04. The molecule has 0 bridgehead atoms. The summed E-state index contributed by atoms with van der Waals surface area (Å²) in [5.74, 6) is 5.11. The first kappa shape index (κ1) is 8.55. The highest BCUT2D eigenvalue weighted by atomic mass is 16.1. The third kappa shape index (κ3) is 1.96. The summed E-state index contributed by atoms with van der Waals surface area (Å²) in [6, 6.07) is 7.22. The molecule has 4 heteroatoms. The maximum absolute atomic E-state index is 10.7.